The minimum atomic E-state index is 0. The molecule has 0 bridgehead atoms. The molecule has 3 aromatic carbocycles. The van der Waals surface area contributed by atoms with Gasteiger partial charge in [0.1, 0.15) is 0 Å². The van der Waals surface area contributed by atoms with Gasteiger partial charge in [0.25, 0.3) is 0 Å². The largest absolute Gasteiger partial charge is 0.138 e. The lowest BCUT2D eigenvalue weighted by atomic mass is 9.69. The van der Waals surface area contributed by atoms with Gasteiger partial charge in [0.15, 0.2) is 0 Å². The Morgan fingerprint density at radius 3 is 1.15 bits per heavy atom. The maximum Gasteiger partial charge on any atom is -0.0176 e. The zero-order valence-corrected chi connectivity index (χ0v) is 23.6. The maximum absolute atomic E-state index is 2.85. The number of halogens is 1. The van der Waals surface area contributed by atoms with Gasteiger partial charge in [-0.25, -0.2) is 0 Å². The standard InChI is InChI=1S/C31H41P.HI/c32-24-16-5-3-1-2-4-15-23-31(25-28-17-9-6-10-18-28,26-29-19-11-7-12-20-29)27-30-21-13-8-14-22-30;/h6-14,17-22H,1-5,15-16,23-27,32H2;1H. The van der Waals surface area contributed by atoms with E-state index in [0.29, 0.717) is 0 Å². The van der Waals surface area contributed by atoms with Gasteiger partial charge < -0.3 is 0 Å². The number of hydrogen-bond donors (Lipinski definition) is 0. The van der Waals surface area contributed by atoms with Gasteiger partial charge in [-0.2, -0.15) is 0 Å². The highest BCUT2D eigenvalue weighted by molar-refractivity contribution is 14.0. The smallest absolute Gasteiger partial charge is 0.0176 e. The number of unbranched alkanes of at least 4 members (excludes halogenated alkanes) is 6. The predicted molar refractivity (Wildman–Crippen MR) is 160 cm³/mol. The Morgan fingerprint density at radius 1 is 0.455 bits per heavy atom. The van der Waals surface area contributed by atoms with E-state index in [1.165, 1.54) is 74.2 Å². The SMILES string of the molecule is I.PCCCCCCCCCC(Cc1ccccc1)(Cc1ccccc1)Cc1ccccc1. The summed E-state index contributed by atoms with van der Waals surface area (Å²) in [5, 5.41) is 0. The van der Waals surface area contributed by atoms with Gasteiger partial charge in [0.2, 0.25) is 0 Å². The summed E-state index contributed by atoms with van der Waals surface area (Å²) >= 11 is 0. The Hall–Kier alpha value is -1.18. The highest BCUT2D eigenvalue weighted by Gasteiger charge is 2.30. The van der Waals surface area contributed by atoms with Crippen molar-refractivity contribution < 1.29 is 0 Å². The van der Waals surface area contributed by atoms with Gasteiger partial charge in [-0.15, -0.1) is 33.2 Å². The molecule has 0 fully saturated rings. The van der Waals surface area contributed by atoms with E-state index in [4.69, 9.17) is 0 Å². The van der Waals surface area contributed by atoms with E-state index in [0.717, 1.165) is 19.3 Å². The van der Waals surface area contributed by atoms with Crippen LogP contribution in [0.4, 0.5) is 0 Å². The molecule has 0 saturated heterocycles. The van der Waals surface area contributed by atoms with Crippen molar-refractivity contribution in [3.05, 3.63) is 108 Å². The number of rotatable bonds is 15. The van der Waals surface area contributed by atoms with Gasteiger partial charge in [-0.1, -0.05) is 130 Å². The van der Waals surface area contributed by atoms with Gasteiger partial charge in [-0.05, 0) is 60.4 Å². The van der Waals surface area contributed by atoms with Gasteiger partial charge in [0, 0.05) is 0 Å². The van der Waals surface area contributed by atoms with Crippen molar-refractivity contribution in [3.8, 4) is 0 Å². The molecule has 1 atom stereocenters. The lowest BCUT2D eigenvalue weighted by Crippen LogP contribution is -2.30. The molecule has 0 aliphatic heterocycles. The first-order valence-corrected chi connectivity index (χ1v) is 13.4. The summed E-state index contributed by atoms with van der Waals surface area (Å²) in [5.41, 5.74) is 4.66. The van der Waals surface area contributed by atoms with Crippen LogP contribution >= 0.6 is 33.2 Å². The molecule has 1 unspecified atom stereocenters. The van der Waals surface area contributed by atoms with E-state index in [9.17, 15) is 0 Å². The molecule has 0 amide bonds. The second-order valence-electron chi connectivity index (χ2n) is 9.50. The summed E-state index contributed by atoms with van der Waals surface area (Å²) in [7, 11) is 2.85. The molecule has 0 heterocycles. The van der Waals surface area contributed by atoms with E-state index in [1.54, 1.807) is 0 Å². The molecule has 0 aliphatic carbocycles. The molecule has 2 heteroatoms. The first-order valence-electron chi connectivity index (χ1n) is 12.6. The van der Waals surface area contributed by atoms with Gasteiger partial charge in [0.05, 0.1) is 0 Å². The maximum atomic E-state index is 2.85. The number of hydrogen-bond acceptors (Lipinski definition) is 0. The van der Waals surface area contributed by atoms with Crippen LogP contribution in [0.15, 0.2) is 91.0 Å². The average molecular weight is 573 g/mol. The fraction of sp³-hybridized carbons (Fsp3) is 0.419. The Labute approximate surface area is 222 Å². The van der Waals surface area contributed by atoms with E-state index < -0.39 is 0 Å². The third-order valence-corrected chi connectivity index (χ3v) is 7.09. The fourth-order valence-electron chi connectivity index (χ4n) is 5.07. The Morgan fingerprint density at radius 2 is 0.788 bits per heavy atom. The van der Waals surface area contributed by atoms with Gasteiger partial charge in [-0.3, -0.25) is 0 Å². The molecule has 0 aliphatic rings. The van der Waals surface area contributed by atoms with Crippen molar-refractivity contribution in [2.75, 3.05) is 6.16 Å². The zero-order valence-electron chi connectivity index (χ0n) is 20.1. The summed E-state index contributed by atoms with van der Waals surface area (Å²) in [6.07, 6.45) is 15.6. The zero-order chi connectivity index (χ0) is 22.3. The van der Waals surface area contributed by atoms with Gasteiger partial charge >= 0.3 is 0 Å². The van der Waals surface area contributed by atoms with Crippen LogP contribution in [0.5, 0.6) is 0 Å². The van der Waals surface area contributed by atoms with Crippen molar-refractivity contribution in [1.82, 2.24) is 0 Å². The third-order valence-electron chi connectivity index (χ3n) is 6.68. The van der Waals surface area contributed by atoms with E-state index >= 15 is 0 Å². The van der Waals surface area contributed by atoms with Crippen molar-refractivity contribution in [1.29, 1.82) is 0 Å². The number of benzene rings is 3. The molecule has 0 N–H and O–H groups in total. The van der Waals surface area contributed by atoms with Crippen LogP contribution in [-0.4, -0.2) is 6.16 Å². The topological polar surface area (TPSA) is 0 Å². The van der Waals surface area contributed by atoms with E-state index in [2.05, 4.69) is 100 Å². The highest BCUT2D eigenvalue weighted by Crippen LogP contribution is 2.37. The second kappa shape index (κ2) is 16.4. The second-order valence-corrected chi connectivity index (χ2v) is 10.1. The Bertz CT molecular complexity index is 746. The van der Waals surface area contributed by atoms with Crippen molar-refractivity contribution in [2.24, 2.45) is 5.41 Å². The van der Waals surface area contributed by atoms with Crippen LogP contribution in [0.2, 0.25) is 0 Å². The van der Waals surface area contributed by atoms with E-state index in [1.807, 2.05) is 0 Å². The van der Waals surface area contributed by atoms with E-state index in [-0.39, 0.29) is 29.4 Å². The molecule has 0 nitrogen and oxygen atoms in total. The van der Waals surface area contributed by atoms with Crippen molar-refractivity contribution in [3.63, 3.8) is 0 Å². The van der Waals surface area contributed by atoms with Crippen LogP contribution in [0, 0.1) is 5.41 Å². The molecule has 0 spiro atoms. The van der Waals surface area contributed by atoms with Crippen LogP contribution in [0.3, 0.4) is 0 Å². The molecular formula is C31H42IP. The molecular weight excluding hydrogens is 530 g/mol. The van der Waals surface area contributed by atoms with Crippen molar-refractivity contribution >= 4 is 33.2 Å². The molecule has 0 saturated carbocycles. The molecule has 0 aromatic heterocycles. The molecule has 3 rings (SSSR count). The lowest BCUT2D eigenvalue weighted by molar-refractivity contribution is 0.243. The normalized spacial score (nSPS) is 11.2. The summed E-state index contributed by atoms with van der Waals surface area (Å²) in [5.74, 6) is 0. The average Bonchev–Trinajstić information content (AvgIpc) is 2.83. The van der Waals surface area contributed by atoms with Crippen LogP contribution in [0.25, 0.3) is 0 Å². The molecule has 3 aromatic rings. The molecule has 178 valence electrons. The minimum absolute atomic E-state index is 0. The first kappa shape index (κ1) is 28.1. The third kappa shape index (κ3) is 10.7. The summed E-state index contributed by atoms with van der Waals surface area (Å²) < 4.78 is 0. The minimum Gasteiger partial charge on any atom is -0.138 e. The van der Waals surface area contributed by atoms with Crippen molar-refractivity contribution in [2.45, 2.75) is 70.6 Å². The van der Waals surface area contributed by atoms with Crippen LogP contribution in [0.1, 0.15) is 68.1 Å². The molecule has 33 heavy (non-hydrogen) atoms. The summed E-state index contributed by atoms with van der Waals surface area (Å²) in [6.45, 7) is 0. The van der Waals surface area contributed by atoms with Crippen LogP contribution in [-0.2, 0) is 19.3 Å². The Kier molecular flexibility index (Phi) is 14.0. The fourth-order valence-corrected chi connectivity index (χ4v) is 5.36. The lowest BCUT2D eigenvalue weighted by Gasteiger charge is -2.35. The van der Waals surface area contributed by atoms with Crippen LogP contribution < -0.4 is 0 Å². The summed E-state index contributed by atoms with van der Waals surface area (Å²) in [6, 6.07) is 33.5. The Balaban J connectivity index is 0.00000385. The molecule has 0 radical (unpaired) electrons. The quantitative estimate of drug-likeness (QED) is 0.0967. The predicted octanol–water partition coefficient (Wildman–Crippen LogP) is 9.31. The monoisotopic (exact) mass is 572 g/mol. The summed E-state index contributed by atoms with van der Waals surface area (Å²) in [4.78, 5) is 0. The first-order chi connectivity index (χ1) is 15.8. The highest BCUT2D eigenvalue weighted by atomic mass is 127.